The Hall–Kier alpha value is -6.68. The highest BCUT2D eigenvalue weighted by molar-refractivity contribution is 6.01. The summed E-state index contributed by atoms with van der Waals surface area (Å²) in [6, 6.07) is 30.8. The summed E-state index contributed by atoms with van der Waals surface area (Å²) in [7, 11) is 0. The lowest BCUT2D eigenvalue weighted by molar-refractivity contribution is 0.0947. The molecule has 0 unspecified atom stereocenters. The minimum Gasteiger partial charge on any atom is -0.361 e. The third-order valence-electron chi connectivity index (χ3n) is 8.44. The number of nitrogens with one attached hydrogen (secondary N) is 4. The first kappa shape index (κ1) is 31.9. The van der Waals surface area contributed by atoms with Gasteiger partial charge < -0.3 is 9.97 Å². The van der Waals surface area contributed by atoms with Crippen LogP contribution in [0.1, 0.15) is 60.0 Å². The van der Waals surface area contributed by atoms with E-state index < -0.39 is 23.4 Å². The highest BCUT2D eigenvalue weighted by Gasteiger charge is 2.24. The normalized spacial score (nSPS) is 11.7. The van der Waals surface area contributed by atoms with Crippen LogP contribution in [0.4, 0.5) is 8.78 Å². The monoisotopic (exact) mass is 664 g/mol. The number of rotatable bonds is 9. The van der Waals surface area contributed by atoms with Crippen LogP contribution in [0.5, 0.6) is 0 Å². The number of aromatic nitrogens is 2. The van der Waals surface area contributed by atoms with Crippen LogP contribution in [0.25, 0.3) is 21.8 Å². The van der Waals surface area contributed by atoms with E-state index in [-0.39, 0.29) is 5.92 Å². The highest BCUT2D eigenvalue weighted by atomic mass is 19.1. The molecule has 4 N–H and O–H groups in total. The fourth-order valence-electron chi connectivity index (χ4n) is 5.96. The van der Waals surface area contributed by atoms with E-state index in [1.165, 1.54) is 36.7 Å². The van der Waals surface area contributed by atoms with Crippen LogP contribution in [0.3, 0.4) is 0 Å². The van der Waals surface area contributed by atoms with Gasteiger partial charge in [-0.3, -0.25) is 9.59 Å². The van der Waals surface area contributed by atoms with Crippen LogP contribution < -0.4 is 10.9 Å². The Labute approximate surface area is 285 Å². The van der Waals surface area contributed by atoms with Crippen LogP contribution in [0.15, 0.2) is 132 Å². The molecule has 5 aromatic carbocycles. The van der Waals surface area contributed by atoms with E-state index in [0.717, 1.165) is 44.1 Å². The van der Waals surface area contributed by atoms with Crippen LogP contribution in [0, 0.1) is 18.6 Å². The Balaban J connectivity index is 1.22. The Bertz CT molecular complexity index is 2280. The minimum atomic E-state index is -0.415. The van der Waals surface area contributed by atoms with Gasteiger partial charge in [-0.05, 0) is 95.4 Å². The van der Waals surface area contributed by atoms with Gasteiger partial charge in [0, 0.05) is 51.2 Å². The molecule has 2 aromatic heterocycles. The minimum absolute atomic E-state index is 0.285. The molecule has 50 heavy (non-hydrogen) atoms. The maximum Gasteiger partial charge on any atom is 0.271 e. The zero-order valence-electron chi connectivity index (χ0n) is 26.7. The number of carbonyl (C=O) groups excluding carboxylic acids is 2. The topological polar surface area (TPSA) is 114 Å². The second-order valence-electron chi connectivity index (χ2n) is 11.9. The number of amides is 2. The molecule has 246 valence electrons. The fraction of sp³-hybridized carbons (Fsp3) is 0.0500. The maximum atomic E-state index is 13.5. The maximum absolute atomic E-state index is 13.5. The van der Waals surface area contributed by atoms with Gasteiger partial charge in [0.15, 0.2) is 0 Å². The summed E-state index contributed by atoms with van der Waals surface area (Å²) >= 11 is 0. The third kappa shape index (κ3) is 6.81. The SMILES string of the molecule is Cc1ccc(C(c2c[nH]c3ccc(C(=O)N/N=C/c4cccc(F)c4)cc23)c2c[nH]c3ccc(C(=O)N/N=C/c4cccc(F)c4)cc23)cc1. The number of hydrogen-bond acceptors (Lipinski definition) is 4. The van der Waals surface area contributed by atoms with Crippen molar-refractivity contribution in [2.24, 2.45) is 10.2 Å². The van der Waals surface area contributed by atoms with E-state index >= 15 is 0 Å². The standard InChI is InChI=1S/C40H30F2N6O2/c1-24-8-10-27(11-9-24)38(34-22-43-36-14-12-28(18-32(34)36)39(49)47-45-20-25-4-2-6-30(41)16-25)35-23-44-37-15-13-29(19-33(35)37)40(50)48-46-21-26-5-3-7-31(42)17-26/h2-23,38,43-44H,1H3,(H,47,49)(H,48,50)/b45-20+,46-21+. The number of H-pyrrole nitrogens is 2. The lowest BCUT2D eigenvalue weighted by Crippen LogP contribution is -2.17. The van der Waals surface area contributed by atoms with Crippen molar-refractivity contribution in [3.63, 3.8) is 0 Å². The van der Waals surface area contributed by atoms with Gasteiger partial charge in [0.05, 0.1) is 12.4 Å². The number of aromatic amines is 2. The van der Waals surface area contributed by atoms with E-state index in [9.17, 15) is 18.4 Å². The Kier molecular flexibility index (Phi) is 8.81. The fourth-order valence-corrected chi connectivity index (χ4v) is 5.96. The van der Waals surface area contributed by atoms with Crippen molar-refractivity contribution in [1.82, 2.24) is 20.8 Å². The van der Waals surface area contributed by atoms with Gasteiger partial charge in [-0.1, -0.05) is 54.1 Å². The lowest BCUT2D eigenvalue weighted by atomic mass is 9.84. The second kappa shape index (κ2) is 13.8. The van der Waals surface area contributed by atoms with E-state index in [1.54, 1.807) is 36.4 Å². The molecular weight excluding hydrogens is 634 g/mol. The van der Waals surface area contributed by atoms with E-state index in [4.69, 9.17) is 0 Å². The number of nitrogens with zero attached hydrogens (tertiary/aromatic N) is 2. The average molecular weight is 665 g/mol. The van der Waals surface area contributed by atoms with Gasteiger partial charge in [0.2, 0.25) is 0 Å². The predicted molar refractivity (Wildman–Crippen MR) is 192 cm³/mol. The molecule has 0 saturated heterocycles. The van der Waals surface area contributed by atoms with Gasteiger partial charge in [-0.2, -0.15) is 10.2 Å². The molecule has 7 aromatic rings. The number of hydrazone groups is 2. The molecule has 2 amide bonds. The Morgan fingerprint density at radius 3 is 1.58 bits per heavy atom. The Morgan fingerprint density at radius 1 is 0.640 bits per heavy atom. The summed E-state index contributed by atoms with van der Waals surface area (Å²) in [5, 5.41) is 9.71. The molecule has 0 aliphatic heterocycles. The van der Waals surface area contributed by atoms with Crippen molar-refractivity contribution >= 4 is 46.0 Å². The molecule has 0 aliphatic rings. The zero-order chi connectivity index (χ0) is 34.6. The molecule has 0 spiro atoms. The first-order valence-corrected chi connectivity index (χ1v) is 15.8. The molecular formula is C40H30F2N6O2. The number of fused-ring (bicyclic) bond motifs is 2. The van der Waals surface area contributed by atoms with Gasteiger partial charge in [-0.15, -0.1) is 0 Å². The van der Waals surface area contributed by atoms with Crippen molar-refractivity contribution in [3.8, 4) is 0 Å². The molecule has 2 heterocycles. The van der Waals surface area contributed by atoms with Gasteiger partial charge >= 0.3 is 0 Å². The van der Waals surface area contributed by atoms with Crippen molar-refractivity contribution in [2.75, 3.05) is 0 Å². The smallest absolute Gasteiger partial charge is 0.271 e. The summed E-state index contributed by atoms with van der Waals surface area (Å²) < 4.78 is 27.1. The number of halogens is 2. The average Bonchev–Trinajstić information content (AvgIpc) is 3.73. The van der Waals surface area contributed by atoms with E-state index in [0.29, 0.717) is 22.3 Å². The first-order chi connectivity index (χ1) is 24.3. The third-order valence-corrected chi connectivity index (χ3v) is 8.44. The first-order valence-electron chi connectivity index (χ1n) is 15.8. The number of aryl methyl sites for hydroxylation is 1. The zero-order valence-corrected chi connectivity index (χ0v) is 26.7. The summed E-state index contributed by atoms with van der Waals surface area (Å²) in [6.45, 7) is 2.03. The molecule has 0 radical (unpaired) electrons. The molecule has 8 nitrogen and oxygen atoms in total. The van der Waals surface area contributed by atoms with Gasteiger partial charge in [0.1, 0.15) is 11.6 Å². The van der Waals surface area contributed by atoms with Crippen LogP contribution in [-0.2, 0) is 0 Å². The molecule has 10 heteroatoms. The van der Waals surface area contributed by atoms with E-state index in [1.807, 2.05) is 43.6 Å². The summed E-state index contributed by atoms with van der Waals surface area (Å²) in [5.74, 6) is -1.90. The quantitative estimate of drug-likeness (QED) is 0.0927. The summed E-state index contributed by atoms with van der Waals surface area (Å²) in [6.07, 6.45) is 6.65. The number of carbonyl (C=O) groups is 2. The van der Waals surface area contributed by atoms with Crippen molar-refractivity contribution in [2.45, 2.75) is 12.8 Å². The molecule has 7 rings (SSSR count). The predicted octanol–water partition coefficient (Wildman–Crippen LogP) is 7.94. The van der Waals surface area contributed by atoms with Crippen molar-refractivity contribution in [3.05, 3.63) is 178 Å². The molecule has 0 saturated carbocycles. The second-order valence-corrected chi connectivity index (χ2v) is 11.9. The molecule has 0 aliphatic carbocycles. The molecule has 0 atom stereocenters. The van der Waals surface area contributed by atoms with Gasteiger partial charge in [0.25, 0.3) is 11.8 Å². The van der Waals surface area contributed by atoms with Crippen LogP contribution in [-0.4, -0.2) is 34.2 Å². The van der Waals surface area contributed by atoms with Crippen molar-refractivity contribution < 1.29 is 18.4 Å². The molecule has 0 fully saturated rings. The van der Waals surface area contributed by atoms with Gasteiger partial charge in [-0.25, -0.2) is 19.6 Å². The molecule has 0 bridgehead atoms. The summed E-state index contributed by atoms with van der Waals surface area (Å²) in [4.78, 5) is 33.0. The van der Waals surface area contributed by atoms with Crippen molar-refractivity contribution in [1.29, 1.82) is 0 Å². The number of hydrogen-bond donors (Lipinski definition) is 4. The summed E-state index contributed by atoms with van der Waals surface area (Å²) in [5.41, 5.74) is 12.6. The van der Waals surface area contributed by atoms with E-state index in [2.05, 4.69) is 55.3 Å². The van der Waals surface area contributed by atoms with Crippen LogP contribution >= 0.6 is 0 Å². The van der Waals surface area contributed by atoms with Crippen LogP contribution in [0.2, 0.25) is 0 Å². The largest absolute Gasteiger partial charge is 0.361 e. The lowest BCUT2D eigenvalue weighted by Gasteiger charge is -2.18. The Morgan fingerprint density at radius 2 is 1.12 bits per heavy atom. The number of benzene rings is 5. The highest BCUT2D eigenvalue weighted by Crippen LogP contribution is 2.40.